The van der Waals surface area contributed by atoms with Crippen LogP contribution in [0.15, 0.2) is 67.4 Å². The van der Waals surface area contributed by atoms with E-state index in [0.29, 0.717) is 23.7 Å². The SMILES string of the molecule is O=C(NCc1cn2cccnc2n1)[C@H]1CC2CC2N1C(=O)c1cc(-c2ccn[nH]2)n2ccccc12. The fraction of sp³-hybridized carbons (Fsp3) is 0.240. The first-order valence-electron chi connectivity index (χ1n) is 11.7. The lowest BCUT2D eigenvalue weighted by atomic mass is 10.1. The van der Waals surface area contributed by atoms with Crippen LogP contribution in [0.25, 0.3) is 22.7 Å². The van der Waals surface area contributed by atoms with Gasteiger partial charge in [0, 0.05) is 37.0 Å². The Morgan fingerprint density at radius 3 is 2.91 bits per heavy atom. The van der Waals surface area contributed by atoms with Gasteiger partial charge >= 0.3 is 0 Å². The number of H-pyrrole nitrogens is 1. The maximum atomic E-state index is 13.9. The van der Waals surface area contributed by atoms with E-state index in [-0.39, 0.29) is 24.4 Å². The van der Waals surface area contributed by atoms with Gasteiger partial charge in [-0.25, -0.2) is 9.97 Å². The number of pyridine rings is 1. The number of nitrogens with one attached hydrogen (secondary N) is 2. The zero-order chi connectivity index (χ0) is 23.5. The molecule has 5 aromatic heterocycles. The molecular formula is C25H22N8O2. The van der Waals surface area contributed by atoms with E-state index in [4.69, 9.17) is 0 Å². The Kier molecular flexibility index (Phi) is 4.29. The molecule has 6 heterocycles. The predicted molar refractivity (Wildman–Crippen MR) is 126 cm³/mol. The third-order valence-corrected chi connectivity index (χ3v) is 7.05. The number of carbonyl (C=O) groups excluding carboxylic acids is 2. The van der Waals surface area contributed by atoms with Gasteiger partial charge < -0.3 is 14.6 Å². The van der Waals surface area contributed by atoms with Crippen molar-refractivity contribution in [3.8, 4) is 11.4 Å². The van der Waals surface area contributed by atoms with E-state index in [0.717, 1.165) is 29.0 Å². The first-order chi connectivity index (χ1) is 17.2. The second-order valence-electron chi connectivity index (χ2n) is 9.17. The first-order valence-corrected chi connectivity index (χ1v) is 11.7. The highest BCUT2D eigenvalue weighted by molar-refractivity contribution is 6.05. The van der Waals surface area contributed by atoms with Gasteiger partial charge in [-0.15, -0.1) is 0 Å². The van der Waals surface area contributed by atoms with Crippen LogP contribution in [-0.4, -0.2) is 57.8 Å². The zero-order valence-corrected chi connectivity index (χ0v) is 18.7. The second-order valence-corrected chi connectivity index (χ2v) is 9.17. The van der Waals surface area contributed by atoms with Gasteiger partial charge in [0.2, 0.25) is 11.7 Å². The Morgan fingerprint density at radius 2 is 2.06 bits per heavy atom. The highest BCUT2D eigenvalue weighted by atomic mass is 16.2. The van der Waals surface area contributed by atoms with E-state index in [1.165, 1.54) is 0 Å². The molecule has 0 aromatic carbocycles. The molecule has 2 fully saturated rings. The fourth-order valence-corrected chi connectivity index (χ4v) is 5.31. The fourth-order valence-electron chi connectivity index (χ4n) is 5.31. The van der Waals surface area contributed by atoms with E-state index >= 15 is 0 Å². The van der Waals surface area contributed by atoms with Crippen molar-refractivity contribution in [2.24, 2.45) is 5.92 Å². The third kappa shape index (κ3) is 3.21. The van der Waals surface area contributed by atoms with Crippen LogP contribution in [0.5, 0.6) is 0 Å². The molecule has 2 amide bonds. The van der Waals surface area contributed by atoms with Gasteiger partial charge in [-0.2, -0.15) is 5.10 Å². The quantitative estimate of drug-likeness (QED) is 0.413. The molecule has 174 valence electrons. The Morgan fingerprint density at radius 1 is 1.11 bits per heavy atom. The number of aromatic nitrogens is 6. The average molecular weight is 467 g/mol. The molecule has 2 N–H and O–H groups in total. The van der Waals surface area contributed by atoms with Crippen molar-refractivity contribution >= 4 is 23.1 Å². The van der Waals surface area contributed by atoms with Gasteiger partial charge in [0.1, 0.15) is 6.04 Å². The van der Waals surface area contributed by atoms with Gasteiger partial charge in [0.25, 0.3) is 5.91 Å². The summed E-state index contributed by atoms with van der Waals surface area (Å²) in [7, 11) is 0. The van der Waals surface area contributed by atoms with Crippen LogP contribution in [0.1, 0.15) is 28.9 Å². The molecule has 10 nitrogen and oxygen atoms in total. The van der Waals surface area contributed by atoms with Gasteiger partial charge in [-0.05, 0) is 49.1 Å². The highest BCUT2D eigenvalue weighted by Crippen LogP contribution is 2.48. The summed E-state index contributed by atoms with van der Waals surface area (Å²) < 4.78 is 3.80. The lowest BCUT2D eigenvalue weighted by molar-refractivity contribution is -0.125. The van der Waals surface area contributed by atoms with Crippen molar-refractivity contribution in [2.45, 2.75) is 31.5 Å². The number of amides is 2. The molecule has 0 bridgehead atoms. The van der Waals surface area contributed by atoms with E-state index in [2.05, 4.69) is 25.5 Å². The van der Waals surface area contributed by atoms with Crippen LogP contribution in [0.3, 0.4) is 0 Å². The molecule has 35 heavy (non-hydrogen) atoms. The number of carbonyl (C=O) groups is 2. The molecule has 1 aliphatic carbocycles. The average Bonchev–Trinajstić information content (AvgIpc) is 3.36. The number of nitrogens with zero attached hydrogens (tertiary/aromatic N) is 6. The molecule has 7 rings (SSSR count). The van der Waals surface area contributed by atoms with Gasteiger partial charge in [0.15, 0.2) is 0 Å². The Balaban J connectivity index is 1.16. The maximum absolute atomic E-state index is 13.9. The number of likely N-dealkylation sites (tertiary alicyclic amines) is 1. The molecule has 10 heteroatoms. The number of piperidine rings is 1. The summed E-state index contributed by atoms with van der Waals surface area (Å²) in [6.07, 6.45) is 10.7. The number of rotatable bonds is 5. The summed E-state index contributed by atoms with van der Waals surface area (Å²) in [5, 5.41) is 10.0. The van der Waals surface area contributed by atoms with Crippen molar-refractivity contribution in [2.75, 3.05) is 0 Å². The first kappa shape index (κ1) is 20.0. The molecule has 3 atom stereocenters. The van der Waals surface area contributed by atoms with E-state index < -0.39 is 6.04 Å². The van der Waals surface area contributed by atoms with Crippen LogP contribution in [0.4, 0.5) is 0 Å². The number of hydrogen-bond acceptors (Lipinski definition) is 5. The molecule has 5 aromatic rings. The minimum absolute atomic E-state index is 0.110. The smallest absolute Gasteiger partial charge is 0.257 e. The summed E-state index contributed by atoms with van der Waals surface area (Å²) in [6.45, 7) is 0.287. The Labute approximate surface area is 199 Å². The van der Waals surface area contributed by atoms with Crippen molar-refractivity contribution in [1.82, 2.24) is 39.2 Å². The third-order valence-electron chi connectivity index (χ3n) is 7.05. The summed E-state index contributed by atoms with van der Waals surface area (Å²) in [4.78, 5) is 37.6. The molecule has 1 aliphatic heterocycles. The number of imidazole rings is 1. The summed E-state index contributed by atoms with van der Waals surface area (Å²) in [5.41, 5.74) is 3.80. The summed E-state index contributed by atoms with van der Waals surface area (Å²) >= 11 is 0. The maximum Gasteiger partial charge on any atom is 0.257 e. The number of fused-ring (bicyclic) bond motifs is 3. The topological polar surface area (TPSA) is 113 Å². The van der Waals surface area contributed by atoms with E-state index in [9.17, 15) is 9.59 Å². The second kappa shape index (κ2) is 7.52. The zero-order valence-electron chi connectivity index (χ0n) is 18.7. The number of aromatic amines is 1. The molecule has 0 radical (unpaired) electrons. The van der Waals surface area contributed by atoms with Gasteiger partial charge in [-0.1, -0.05) is 6.07 Å². The van der Waals surface area contributed by atoms with Crippen LogP contribution in [0, 0.1) is 5.92 Å². The monoisotopic (exact) mass is 466 g/mol. The predicted octanol–water partition coefficient (Wildman–Crippen LogP) is 2.29. The minimum Gasteiger partial charge on any atom is -0.349 e. The molecule has 0 spiro atoms. The lowest BCUT2D eigenvalue weighted by Crippen LogP contribution is -2.47. The summed E-state index contributed by atoms with van der Waals surface area (Å²) in [5.74, 6) is 0.716. The van der Waals surface area contributed by atoms with E-state index in [1.54, 1.807) is 17.3 Å². The standard InChI is InChI=1S/C25H22N8O2/c34-23(27-13-16-14-31-8-3-6-26-25(31)29-16)22-11-15-10-20(15)33(22)24(35)17-12-21(18-5-7-28-30-18)32-9-2-1-4-19(17)32/h1-9,12,14-15,20,22H,10-11,13H2,(H,27,34)(H,28,30)/t15?,20?,22-/m1/s1. The molecule has 2 aliphatic rings. The van der Waals surface area contributed by atoms with E-state index in [1.807, 2.05) is 63.8 Å². The normalized spacial score (nSPS) is 20.9. The van der Waals surface area contributed by atoms with Crippen molar-refractivity contribution in [3.05, 3.63) is 78.6 Å². The van der Waals surface area contributed by atoms with Crippen LogP contribution in [0.2, 0.25) is 0 Å². The van der Waals surface area contributed by atoms with Crippen molar-refractivity contribution < 1.29 is 9.59 Å². The Hall–Kier alpha value is -4.47. The lowest BCUT2D eigenvalue weighted by Gasteiger charge is -2.26. The summed E-state index contributed by atoms with van der Waals surface area (Å²) in [6, 6.07) is 11.0. The van der Waals surface area contributed by atoms with Crippen LogP contribution in [-0.2, 0) is 11.3 Å². The van der Waals surface area contributed by atoms with Crippen molar-refractivity contribution in [1.29, 1.82) is 0 Å². The van der Waals surface area contributed by atoms with Crippen LogP contribution < -0.4 is 5.32 Å². The van der Waals surface area contributed by atoms with Gasteiger partial charge in [0.05, 0.1) is 34.7 Å². The molecule has 1 saturated carbocycles. The van der Waals surface area contributed by atoms with Crippen molar-refractivity contribution in [3.63, 3.8) is 0 Å². The molecular weight excluding hydrogens is 444 g/mol. The van der Waals surface area contributed by atoms with Gasteiger partial charge in [-0.3, -0.25) is 19.1 Å². The minimum atomic E-state index is -0.490. The molecule has 2 unspecified atom stereocenters. The largest absolute Gasteiger partial charge is 0.349 e. The van der Waals surface area contributed by atoms with Crippen LogP contribution >= 0.6 is 0 Å². The molecule has 1 saturated heterocycles. The number of hydrogen-bond donors (Lipinski definition) is 2. The highest BCUT2D eigenvalue weighted by Gasteiger charge is 2.56. The Bertz CT molecular complexity index is 1550.